The average Bonchev–Trinajstić information content (AvgIpc) is 3.74. The normalized spacial score (nSPS) is 28.2. The molecule has 5 unspecified atom stereocenters. The third-order valence-electron chi connectivity index (χ3n) is 12.9. The first-order valence-electron chi connectivity index (χ1n) is 19.6. The lowest BCUT2D eigenvalue weighted by Gasteiger charge is -2.37. The highest BCUT2D eigenvalue weighted by Crippen LogP contribution is 2.51. The summed E-state index contributed by atoms with van der Waals surface area (Å²) in [4.78, 5) is 13.3. The molecule has 5 aliphatic carbocycles. The lowest BCUT2D eigenvalue weighted by Crippen LogP contribution is -2.35. The molecule has 1 saturated carbocycles. The molecule has 1 N–H and O–H groups in total. The smallest absolute Gasteiger partial charge is 0.156 e. The van der Waals surface area contributed by atoms with Crippen molar-refractivity contribution < 1.29 is 0 Å². The molecular formula is C46H48N4. The van der Waals surface area contributed by atoms with Crippen LogP contribution in [0.4, 0.5) is 5.69 Å². The monoisotopic (exact) mass is 656 g/mol. The van der Waals surface area contributed by atoms with Crippen molar-refractivity contribution in [2.45, 2.75) is 107 Å². The van der Waals surface area contributed by atoms with E-state index in [9.17, 15) is 0 Å². The lowest BCUT2D eigenvalue weighted by atomic mass is 9.78. The van der Waals surface area contributed by atoms with Gasteiger partial charge in [0, 0.05) is 52.1 Å². The quantitative estimate of drug-likeness (QED) is 0.297. The number of nitrogens with zero attached hydrogens (tertiary/aromatic N) is 3. The predicted molar refractivity (Wildman–Crippen MR) is 204 cm³/mol. The zero-order chi connectivity index (χ0) is 33.0. The topological polar surface area (TPSA) is 41.1 Å². The Balaban J connectivity index is 0.923. The molecule has 1 aromatic heterocycles. The zero-order valence-electron chi connectivity index (χ0n) is 29.2. The van der Waals surface area contributed by atoms with Gasteiger partial charge in [0.2, 0.25) is 0 Å². The van der Waals surface area contributed by atoms with E-state index in [-0.39, 0.29) is 5.92 Å². The summed E-state index contributed by atoms with van der Waals surface area (Å²) >= 11 is 0. The zero-order valence-corrected chi connectivity index (χ0v) is 29.2. The van der Waals surface area contributed by atoms with Gasteiger partial charge in [0.05, 0.1) is 11.4 Å². The number of allylic oxidation sites excluding steroid dienone is 10. The molecule has 3 heterocycles. The Morgan fingerprint density at radius 1 is 0.840 bits per heavy atom. The van der Waals surface area contributed by atoms with Gasteiger partial charge >= 0.3 is 0 Å². The van der Waals surface area contributed by atoms with Gasteiger partial charge in [-0.2, -0.15) is 0 Å². The van der Waals surface area contributed by atoms with Crippen LogP contribution in [-0.2, 0) is 0 Å². The molecule has 3 aromatic rings. The van der Waals surface area contributed by atoms with E-state index in [1.54, 1.807) is 5.70 Å². The molecule has 0 spiro atoms. The molecule has 1 fully saturated rings. The van der Waals surface area contributed by atoms with E-state index in [1.165, 1.54) is 90.7 Å². The van der Waals surface area contributed by atoms with E-state index in [4.69, 9.17) is 9.97 Å². The molecule has 0 amide bonds. The van der Waals surface area contributed by atoms with Gasteiger partial charge in [0.25, 0.3) is 0 Å². The van der Waals surface area contributed by atoms with Crippen molar-refractivity contribution in [2.75, 3.05) is 5.32 Å². The van der Waals surface area contributed by atoms with Crippen LogP contribution in [-0.4, -0.2) is 20.9 Å². The summed E-state index contributed by atoms with van der Waals surface area (Å²) < 4.78 is 0. The van der Waals surface area contributed by atoms with E-state index in [2.05, 4.69) is 107 Å². The molecule has 0 radical (unpaired) electrons. The number of nitrogens with one attached hydrogen (secondary N) is 1. The van der Waals surface area contributed by atoms with Crippen molar-refractivity contribution in [3.8, 4) is 11.3 Å². The largest absolute Gasteiger partial charge is 0.358 e. The predicted octanol–water partition coefficient (Wildman–Crippen LogP) is 11.5. The molecular weight excluding hydrogens is 609 g/mol. The van der Waals surface area contributed by atoms with Crippen molar-refractivity contribution in [1.29, 1.82) is 0 Å². The summed E-state index contributed by atoms with van der Waals surface area (Å²) in [7, 11) is 0. The van der Waals surface area contributed by atoms with Gasteiger partial charge in [-0.25, -0.2) is 9.97 Å². The summed E-state index contributed by atoms with van der Waals surface area (Å²) in [5.41, 5.74) is 15.1. The summed E-state index contributed by atoms with van der Waals surface area (Å²) in [6, 6.07) is 21.1. The minimum atomic E-state index is 0.258. The van der Waals surface area contributed by atoms with Crippen molar-refractivity contribution in [2.24, 2.45) is 5.92 Å². The van der Waals surface area contributed by atoms with Crippen LogP contribution in [0.1, 0.15) is 124 Å². The number of para-hydroxylation sites is 1. The molecule has 5 atom stereocenters. The van der Waals surface area contributed by atoms with Crippen LogP contribution in [0, 0.1) is 5.92 Å². The second kappa shape index (κ2) is 12.7. The van der Waals surface area contributed by atoms with E-state index in [0.717, 1.165) is 55.2 Å². The Bertz CT molecular complexity index is 2010. The molecule has 10 rings (SSSR count). The fraction of sp³-hybridized carbons (Fsp3) is 0.391. The Kier molecular flexibility index (Phi) is 7.73. The minimum Gasteiger partial charge on any atom is -0.358 e. The number of hydrogen-bond acceptors (Lipinski definition) is 4. The van der Waals surface area contributed by atoms with E-state index < -0.39 is 0 Å². The Labute approximate surface area is 297 Å². The highest BCUT2D eigenvalue weighted by Gasteiger charge is 2.43. The number of aromatic nitrogens is 2. The fourth-order valence-electron chi connectivity index (χ4n) is 10.3. The summed E-state index contributed by atoms with van der Waals surface area (Å²) in [6.07, 6.45) is 32.6. The molecule has 0 saturated heterocycles. The first kappa shape index (κ1) is 30.4. The van der Waals surface area contributed by atoms with Crippen molar-refractivity contribution >= 4 is 11.3 Å². The number of rotatable bonds is 5. The third kappa shape index (κ3) is 5.34. The van der Waals surface area contributed by atoms with Crippen molar-refractivity contribution in [3.05, 3.63) is 142 Å². The molecule has 2 aliphatic heterocycles. The van der Waals surface area contributed by atoms with Gasteiger partial charge in [-0.05, 0) is 117 Å². The summed E-state index contributed by atoms with van der Waals surface area (Å²) in [6.45, 7) is 0. The Hall–Kier alpha value is -4.44. The van der Waals surface area contributed by atoms with E-state index in [0.29, 0.717) is 17.9 Å². The maximum atomic E-state index is 5.27. The molecule has 0 bridgehead atoms. The van der Waals surface area contributed by atoms with Crippen LogP contribution in [0.25, 0.3) is 16.8 Å². The molecule has 4 nitrogen and oxygen atoms in total. The maximum absolute atomic E-state index is 5.27. The van der Waals surface area contributed by atoms with Gasteiger partial charge in [-0.1, -0.05) is 91.8 Å². The van der Waals surface area contributed by atoms with Gasteiger partial charge in [0.1, 0.15) is 0 Å². The molecule has 7 aliphatic rings. The molecule has 4 heteroatoms. The number of hydrogen-bond donors (Lipinski definition) is 1. The first-order chi connectivity index (χ1) is 24.8. The molecule has 2 aromatic carbocycles. The fourth-order valence-corrected chi connectivity index (χ4v) is 10.3. The second-order valence-electron chi connectivity index (χ2n) is 15.7. The second-order valence-corrected chi connectivity index (χ2v) is 15.7. The Morgan fingerprint density at radius 3 is 2.62 bits per heavy atom. The molecule has 252 valence electrons. The number of fused-ring (bicyclic) bond motifs is 5. The molecule has 50 heavy (non-hydrogen) atoms. The van der Waals surface area contributed by atoms with Gasteiger partial charge in [0.15, 0.2) is 5.82 Å². The van der Waals surface area contributed by atoms with Crippen LogP contribution < -0.4 is 5.32 Å². The van der Waals surface area contributed by atoms with Crippen LogP contribution in [0.2, 0.25) is 0 Å². The van der Waals surface area contributed by atoms with Gasteiger partial charge < -0.3 is 10.2 Å². The lowest BCUT2D eigenvalue weighted by molar-refractivity contribution is 0.226. The summed E-state index contributed by atoms with van der Waals surface area (Å²) in [5.74, 6) is 2.95. The highest BCUT2D eigenvalue weighted by atomic mass is 15.2. The Morgan fingerprint density at radius 2 is 1.74 bits per heavy atom. The first-order valence-corrected chi connectivity index (χ1v) is 19.6. The SMILES string of the molecule is C1=CCCC(c2nc(-c3ccc(C4CC=C5Nc6ccccc6C5C4)cc3)cc(C3C=CC(N4C5=C(CCCC5)C5CCCCC54)=CC3)n2)=C1. The van der Waals surface area contributed by atoms with Crippen molar-refractivity contribution in [1.82, 2.24) is 14.9 Å². The van der Waals surface area contributed by atoms with Gasteiger partial charge in [-0.3, -0.25) is 0 Å². The van der Waals surface area contributed by atoms with Crippen LogP contribution in [0.5, 0.6) is 0 Å². The van der Waals surface area contributed by atoms with Crippen LogP contribution in [0.15, 0.2) is 120 Å². The summed E-state index contributed by atoms with van der Waals surface area (Å²) in [5, 5.41) is 3.67. The standard InChI is InChI=1S/C46H48N4/c1-2-10-33(11-3-1)46-48-42(31-20-18-30(19-21-31)34-24-27-41-39(28-34)36-12-4-7-15-40(36)47-41)29-43(49-46)32-22-25-35(26-23-32)50-44-16-8-5-13-37(44)38-14-6-9-17-45(38)50/h1-2,4,7,10,12,15,18-22,25-27,29,32,34,37,39,44,47H,3,5-6,8-9,11,13-14,16-17,23-24,28H2. The van der Waals surface area contributed by atoms with Crippen LogP contribution >= 0.6 is 0 Å². The van der Waals surface area contributed by atoms with Crippen molar-refractivity contribution in [3.63, 3.8) is 0 Å². The third-order valence-corrected chi connectivity index (χ3v) is 12.9. The minimum absolute atomic E-state index is 0.258. The van der Waals surface area contributed by atoms with Gasteiger partial charge in [-0.15, -0.1) is 0 Å². The van der Waals surface area contributed by atoms with Crippen LogP contribution in [0.3, 0.4) is 0 Å². The maximum Gasteiger partial charge on any atom is 0.156 e. The van der Waals surface area contributed by atoms with E-state index in [1.807, 2.05) is 5.57 Å². The number of benzene rings is 2. The van der Waals surface area contributed by atoms with E-state index >= 15 is 0 Å². The average molecular weight is 657 g/mol. The highest BCUT2D eigenvalue weighted by molar-refractivity contribution is 5.68. The number of anilines is 1.